The third kappa shape index (κ3) is 2.91. The standard InChI is InChI=1S/C8H9N3O2.H2O/c1-2-13-8(12)7(9)6-4-3-5-10-11-6;/h3-5,9H,2H2,1H3;1H2. The number of rotatable bonds is 3. The topological polar surface area (TPSA) is 107 Å². The van der Waals surface area contributed by atoms with Crippen molar-refractivity contribution in [2.24, 2.45) is 0 Å². The molecule has 0 atom stereocenters. The van der Waals surface area contributed by atoms with Crippen LogP contribution in [0.25, 0.3) is 0 Å². The zero-order valence-corrected chi connectivity index (χ0v) is 7.65. The molecular formula is C8H11N3O3. The maximum absolute atomic E-state index is 11.0. The summed E-state index contributed by atoms with van der Waals surface area (Å²) in [4.78, 5) is 11.0. The maximum atomic E-state index is 11.0. The van der Waals surface area contributed by atoms with Crippen molar-refractivity contribution in [1.29, 1.82) is 5.41 Å². The predicted octanol–water partition coefficient (Wildman–Crippen LogP) is -0.417. The Balaban J connectivity index is 0.00000169. The molecule has 0 aliphatic carbocycles. The molecule has 0 aliphatic heterocycles. The molecule has 0 fully saturated rings. The lowest BCUT2D eigenvalue weighted by Gasteiger charge is -2.00. The quantitative estimate of drug-likeness (QED) is 0.524. The number of aromatic nitrogens is 2. The second kappa shape index (κ2) is 5.76. The summed E-state index contributed by atoms with van der Waals surface area (Å²) in [6.45, 7) is 1.93. The van der Waals surface area contributed by atoms with E-state index < -0.39 is 5.97 Å². The van der Waals surface area contributed by atoms with Crippen LogP contribution in [0.5, 0.6) is 0 Å². The molecule has 0 saturated heterocycles. The van der Waals surface area contributed by atoms with Gasteiger partial charge in [0.1, 0.15) is 5.69 Å². The molecule has 3 N–H and O–H groups in total. The van der Waals surface area contributed by atoms with Gasteiger partial charge in [-0.3, -0.25) is 5.41 Å². The first kappa shape index (κ1) is 12.2. The molecule has 14 heavy (non-hydrogen) atoms. The van der Waals surface area contributed by atoms with Crippen molar-refractivity contribution in [3.05, 3.63) is 24.0 Å². The third-order valence-electron chi connectivity index (χ3n) is 1.31. The molecule has 1 heterocycles. The van der Waals surface area contributed by atoms with Gasteiger partial charge in [0.05, 0.1) is 6.61 Å². The second-order valence-corrected chi connectivity index (χ2v) is 2.20. The molecule has 0 amide bonds. The molecule has 0 bridgehead atoms. The van der Waals surface area contributed by atoms with E-state index in [2.05, 4.69) is 14.9 Å². The number of carbonyl (C=O) groups is 1. The van der Waals surface area contributed by atoms with Gasteiger partial charge in [-0.25, -0.2) is 4.79 Å². The fourth-order valence-electron chi connectivity index (χ4n) is 0.743. The highest BCUT2D eigenvalue weighted by atomic mass is 16.5. The summed E-state index contributed by atoms with van der Waals surface area (Å²) in [5, 5.41) is 14.5. The Morgan fingerprint density at radius 3 is 2.86 bits per heavy atom. The van der Waals surface area contributed by atoms with E-state index in [1.165, 1.54) is 12.3 Å². The Morgan fingerprint density at radius 2 is 2.36 bits per heavy atom. The van der Waals surface area contributed by atoms with Gasteiger partial charge in [0.25, 0.3) is 0 Å². The molecule has 0 unspecified atom stereocenters. The summed E-state index contributed by atoms with van der Waals surface area (Å²) in [5.41, 5.74) is -0.0455. The fraction of sp³-hybridized carbons (Fsp3) is 0.250. The monoisotopic (exact) mass is 197 g/mol. The van der Waals surface area contributed by atoms with Gasteiger partial charge in [-0.15, -0.1) is 5.10 Å². The van der Waals surface area contributed by atoms with E-state index in [-0.39, 0.29) is 23.5 Å². The molecule has 0 saturated carbocycles. The number of nitrogens with one attached hydrogen (secondary N) is 1. The fourth-order valence-corrected chi connectivity index (χ4v) is 0.743. The number of esters is 1. The van der Waals surface area contributed by atoms with Crippen LogP contribution in [0, 0.1) is 5.41 Å². The van der Waals surface area contributed by atoms with E-state index in [4.69, 9.17) is 5.41 Å². The Kier molecular flexibility index (Phi) is 5.01. The van der Waals surface area contributed by atoms with Gasteiger partial charge < -0.3 is 10.2 Å². The van der Waals surface area contributed by atoms with Crippen molar-refractivity contribution in [3.8, 4) is 0 Å². The Morgan fingerprint density at radius 1 is 1.64 bits per heavy atom. The molecule has 1 rings (SSSR count). The van der Waals surface area contributed by atoms with Crippen LogP contribution in [-0.4, -0.2) is 34.0 Å². The van der Waals surface area contributed by atoms with Crippen LogP contribution in [0.2, 0.25) is 0 Å². The van der Waals surface area contributed by atoms with Crippen LogP contribution >= 0.6 is 0 Å². The van der Waals surface area contributed by atoms with Gasteiger partial charge in [0, 0.05) is 6.20 Å². The minimum absolute atomic E-state index is 0. The average molecular weight is 197 g/mol. The number of nitrogens with zero attached hydrogens (tertiary/aromatic N) is 2. The lowest BCUT2D eigenvalue weighted by Crippen LogP contribution is -2.18. The molecule has 0 aromatic carbocycles. The number of ether oxygens (including phenoxy) is 1. The highest BCUT2D eigenvalue weighted by molar-refractivity contribution is 6.41. The van der Waals surface area contributed by atoms with Crippen LogP contribution in [0.4, 0.5) is 0 Å². The van der Waals surface area contributed by atoms with E-state index >= 15 is 0 Å². The number of carbonyl (C=O) groups excluding carboxylic acids is 1. The molecule has 76 valence electrons. The SMILES string of the molecule is CCOC(=O)C(=N)c1cccnn1.O. The maximum Gasteiger partial charge on any atom is 0.358 e. The van der Waals surface area contributed by atoms with Crippen LogP contribution in [0.15, 0.2) is 18.3 Å². The van der Waals surface area contributed by atoms with Crippen molar-refractivity contribution in [1.82, 2.24) is 10.2 Å². The van der Waals surface area contributed by atoms with Crippen molar-refractivity contribution in [2.45, 2.75) is 6.92 Å². The first-order valence-electron chi connectivity index (χ1n) is 3.79. The van der Waals surface area contributed by atoms with Gasteiger partial charge >= 0.3 is 5.97 Å². The molecule has 1 aromatic rings. The molecule has 0 spiro atoms. The Bertz CT molecular complexity index is 313. The summed E-state index contributed by atoms with van der Waals surface area (Å²) < 4.78 is 4.63. The summed E-state index contributed by atoms with van der Waals surface area (Å²) in [7, 11) is 0. The zero-order valence-electron chi connectivity index (χ0n) is 7.65. The second-order valence-electron chi connectivity index (χ2n) is 2.20. The summed E-state index contributed by atoms with van der Waals surface area (Å²) >= 11 is 0. The van der Waals surface area contributed by atoms with Crippen molar-refractivity contribution >= 4 is 11.7 Å². The molecule has 0 aliphatic rings. The lowest BCUT2D eigenvalue weighted by atomic mass is 10.2. The van der Waals surface area contributed by atoms with Crippen LogP contribution in [0.1, 0.15) is 12.6 Å². The van der Waals surface area contributed by atoms with Crippen molar-refractivity contribution in [2.75, 3.05) is 6.61 Å². The Hall–Kier alpha value is -1.82. The third-order valence-corrected chi connectivity index (χ3v) is 1.31. The highest BCUT2D eigenvalue weighted by Crippen LogP contribution is 1.95. The smallest absolute Gasteiger partial charge is 0.358 e. The van der Waals surface area contributed by atoms with Crippen LogP contribution in [-0.2, 0) is 9.53 Å². The largest absolute Gasteiger partial charge is 0.461 e. The zero-order chi connectivity index (χ0) is 9.68. The van der Waals surface area contributed by atoms with E-state index in [1.54, 1.807) is 13.0 Å². The van der Waals surface area contributed by atoms with E-state index in [0.29, 0.717) is 0 Å². The molecular weight excluding hydrogens is 186 g/mol. The van der Waals surface area contributed by atoms with Gasteiger partial charge in [0.2, 0.25) is 0 Å². The minimum Gasteiger partial charge on any atom is -0.461 e. The average Bonchev–Trinajstić information content (AvgIpc) is 2.18. The molecule has 6 nitrogen and oxygen atoms in total. The van der Waals surface area contributed by atoms with Gasteiger partial charge in [-0.05, 0) is 19.1 Å². The number of hydrogen-bond acceptors (Lipinski definition) is 5. The molecule has 6 heteroatoms. The van der Waals surface area contributed by atoms with E-state index in [9.17, 15) is 4.79 Å². The van der Waals surface area contributed by atoms with E-state index in [1.807, 2.05) is 0 Å². The van der Waals surface area contributed by atoms with Gasteiger partial charge in [-0.2, -0.15) is 5.10 Å². The van der Waals surface area contributed by atoms with Gasteiger partial charge in [0.15, 0.2) is 5.71 Å². The van der Waals surface area contributed by atoms with Crippen LogP contribution in [0.3, 0.4) is 0 Å². The van der Waals surface area contributed by atoms with Crippen molar-refractivity contribution in [3.63, 3.8) is 0 Å². The Labute approximate surface area is 80.7 Å². The summed E-state index contributed by atoms with van der Waals surface area (Å²) in [5.74, 6) is -0.678. The summed E-state index contributed by atoms with van der Waals surface area (Å²) in [6.07, 6.45) is 1.47. The van der Waals surface area contributed by atoms with E-state index in [0.717, 1.165) is 0 Å². The molecule has 0 radical (unpaired) electrons. The summed E-state index contributed by atoms with van der Waals surface area (Å²) in [6, 6.07) is 3.14. The highest BCUT2D eigenvalue weighted by Gasteiger charge is 2.13. The first-order valence-corrected chi connectivity index (χ1v) is 3.79. The predicted molar refractivity (Wildman–Crippen MR) is 49.1 cm³/mol. The first-order chi connectivity index (χ1) is 6.25. The minimum atomic E-state index is -0.678. The lowest BCUT2D eigenvalue weighted by molar-refractivity contribution is -0.135. The normalized spacial score (nSPS) is 8.64. The van der Waals surface area contributed by atoms with Gasteiger partial charge in [-0.1, -0.05) is 0 Å². The molecule has 1 aromatic heterocycles. The van der Waals surface area contributed by atoms with Crippen LogP contribution < -0.4 is 0 Å². The van der Waals surface area contributed by atoms with Crippen molar-refractivity contribution < 1.29 is 15.0 Å². The number of hydrogen-bond donors (Lipinski definition) is 1.